The Labute approximate surface area is 172 Å². The van der Waals surface area contributed by atoms with Gasteiger partial charge in [-0.1, -0.05) is 35.9 Å². The summed E-state index contributed by atoms with van der Waals surface area (Å²) < 4.78 is 5.57. The third-order valence-corrected chi connectivity index (χ3v) is 5.02. The Morgan fingerprint density at radius 1 is 1.04 bits per heavy atom. The lowest BCUT2D eigenvalue weighted by Gasteiger charge is -2.12. The minimum absolute atomic E-state index is 0.183. The van der Waals surface area contributed by atoms with Crippen LogP contribution in [0.15, 0.2) is 66.0 Å². The van der Waals surface area contributed by atoms with Crippen LogP contribution in [0.5, 0.6) is 5.75 Å². The number of nitrogens with one attached hydrogen (secondary N) is 2. The van der Waals surface area contributed by atoms with E-state index in [1.807, 2.05) is 35.7 Å². The average molecular weight is 415 g/mol. The molecule has 0 bridgehead atoms. The van der Waals surface area contributed by atoms with Crippen molar-refractivity contribution in [3.63, 3.8) is 0 Å². The van der Waals surface area contributed by atoms with Crippen LogP contribution in [0.25, 0.3) is 0 Å². The number of ether oxygens (including phenoxy) is 1. The van der Waals surface area contributed by atoms with Crippen molar-refractivity contribution in [1.82, 2.24) is 5.32 Å². The molecule has 0 aliphatic carbocycles. The molecule has 2 N–H and O–H groups in total. The van der Waals surface area contributed by atoms with Crippen molar-refractivity contribution in [1.29, 1.82) is 0 Å². The zero-order valence-electron chi connectivity index (χ0n) is 15.0. The van der Waals surface area contributed by atoms with E-state index in [1.165, 1.54) is 10.9 Å². The number of rotatable bonds is 8. The number of thiophene rings is 1. The molecule has 7 heteroatoms. The SMILES string of the molecule is O=C(COc1ccc(Cl)cc1C(=O)Nc1ccccc1)NCCc1cccs1. The van der Waals surface area contributed by atoms with Gasteiger partial charge in [0.1, 0.15) is 5.75 Å². The highest BCUT2D eigenvalue weighted by molar-refractivity contribution is 7.09. The van der Waals surface area contributed by atoms with Crippen LogP contribution >= 0.6 is 22.9 Å². The van der Waals surface area contributed by atoms with Crippen molar-refractivity contribution < 1.29 is 14.3 Å². The summed E-state index contributed by atoms with van der Waals surface area (Å²) in [5.41, 5.74) is 0.924. The van der Waals surface area contributed by atoms with Crippen LogP contribution in [0.4, 0.5) is 5.69 Å². The van der Waals surface area contributed by atoms with Gasteiger partial charge in [-0.15, -0.1) is 11.3 Å². The summed E-state index contributed by atoms with van der Waals surface area (Å²) in [7, 11) is 0. The van der Waals surface area contributed by atoms with E-state index < -0.39 is 0 Å². The van der Waals surface area contributed by atoms with Gasteiger partial charge in [0.2, 0.25) is 0 Å². The molecule has 28 heavy (non-hydrogen) atoms. The van der Waals surface area contributed by atoms with Gasteiger partial charge in [-0.25, -0.2) is 0 Å². The molecule has 2 aromatic carbocycles. The fourth-order valence-electron chi connectivity index (χ4n) is 2.50. The van der Waals surface area contributed by atoms with E-state index in [2.05, 4.69) is 10.6 Å². The first-order valence-corrected chi connectivity index (χ1v) is 9.95. The maximum Gasteiger partial charge on any atom is 0.259 e. The van der Waals surface area contributed by atoms with E-state index in [9.17, 15) is 9.59 Å². The topological polar surface area (TPSA) is 67.4 Å². The van der Waals surface area contributed by atoms with Gasteiger partial charge >= 0.3 is 0 Å². The van der Waals surface area contributed by atoms with Crippen LogP contribution in [-0.4, -0.2) is 25.0 Å². The zero-order valence-corrected chi connectivity index (χ0v) is 16.6. The Kier molecular flexibility index (Phi) is 7.06. The first-order chi connectivity index (χ1) is 13.6. The van der Waals surface area contributed by atoms with Crippen LogP contribution in [0.2, 0.25) is 5.02 Å². The lowest BCUT2D eigenvalue weighted by atomic mass is 10.2. The third kappa shape index (κ3) is 5.84. The molecule has 0 fully saturated rings. The second-order valence-corrected chi connectivity index (χ2v) is 7.40. The fourth-order valence-corrected chi connectivity index (χ4v) is 3.38. The minimum atomic E-state index is -0.359. The molecule has 0 unspecified atom stereocenters. The number of hydrogen-bond donors (Lipinski definition) is 2. The van der Waals surface area contributed by atoms with Gasteiger partial charge in [0.15, 0.2) is 6.61 Å². The summed E-state index contributed by atoms with van der Waals surface area (Å²) >= 11 is 7.68. The summed E-state index contributed by atoms with van der Waals surface area (Å²) in [4.78, 5) is 25.8. The van der Waals surface area contributed by atoms with E-state index >= 15 is 0 Å². The third-order valence-electron chi connectivity index (χ3n) is 3.85. The first kappa shape index (κ1) is 19.9. The Morgan fingerprint density at radius 3 is 2.61 bits per heavy atom. The number of carbonyl (C=O) groups is 2. The van der Waals surface area contributed by atoms with Gasteiger partial charge in [-0.05, 0) is 48.2 Å². The van der Waals surface area contributed by atoms with E-state index in [4.69, 9.17) is 16.3 Å². The molecule has 2 amide bonds. The summed E-state index contributed by atoms with van der Waals surface area (Å²) in [6, 6.07) is 17.8. The smallest absolute Gasteiger partial charge is 0.259 e. The summed E-state index contributed by atoms with van der Waals surface area (Å²) in [6.45, 7) is 0.350. The predicted octanol–water partition coefficient (Wildman–Crippen LogP) is 4.39. The highest BCUT2D eigenvalue weighted by atomic mass is 35.5. The number of anilines is 1. The number of para-hydroxylation sites is 1. The molecular formula is C21H19ClN2O3S. The maximum atomic E-state index is 12.6. The molecular weight excluding hydrogens is 396 g/mol. The molecule has 3 rings (SSSR count). The molecule has 0 atom stereocenters. The molecule has 0 spiro atoms. The van der Waals surface area contributed by atoms with Crippen LogP contribution in [-0.2, 0) is 11.2 Å². The lowest BCUT2D eigenvalue weighted by molar-refractivity contribution is -0.123. The molecule has 3 aromatic rings. The standard InChI is InChI=1S/C21H19ClN2O3S/c22-15-8-9-19(18(13-15)21(26)24-16-5-2-1-3-6-16)27-14-20(25)23-11-10-17-7-4-12-28-17/h1-9,12-13H,10-11,14H2,(H,23,25)(H,24,26). The summed E-state index contributed by atoms with van der Waals surface area (Å²) in [5.74, 6) is -0.311. The van der Waals surface area contributed by atoms with E-state index in [1.54, 1.807) is 35.6 Å². The monoisotopic (exact) mass is 414 g/mol. The number of hydrogen-bond acceptors (Lipinski definition) is 4. The minimum Gasteiger partial charge on any atom is -0.483 e. The lowest BCUT2D eigenvalue weighted by Crippen LogP contribution is -2.30. The molecule has 0 aliphatic rings. The van der Waals surface area contributed by atoms with Gasteiger partial charge < -0.3 is 15.4 Å². The Hall–Kier alpha value is -2.83. The summed E-state index contributed by atoms with van der Waals surface area (Å²) in [6.07, 6.45) is 0.773. The fraction of sp³-hybridized carbons (Fsp3) is 0.143. The van der Waals surface area contributed by atoms with Crippen molar-refractivity contribution in [3.05, 3.63) is 81.5 Å². The first-order valence-electron chi connectivity index (χ1n) is 8.69. The molecule has 0 saturated carbocycles. The largest absolute Gasteiger partial charge is 0.483 e. The van der Waals surface area contributed by atoms with Crippen molar-refractivity contribution in [2.75, 3.05) is 18.5 Å². The number of benzene rings is 2. The van der Waals surface area contributed by atoms with E-state index in [0.717, 1.165) is 6.42 Å². The maximum absolute atomic E-state index is 12.6. The quantitative estimate of drug-likeness (QED) is 0.574. The van der Waals surface area contributed by atoms with E-state index in [0.29, 0.717) is 23.0 Å². The molecule has 5 nitrogen and oxygen atoms in total. The molecule has 1 heterocycles. The second kappa shape index (κ2) is 9.92. The van der Waals surface area contributed by atoms with Gasteiger partial charge in [0.05, 0.1) is 5.56 Å². The van der Waals surface area contributed by atoms with Crippen LogP contribution in [0, 0.1) is 0 Å². The molecule has 0 aliphatic heterocycles. The van der Waals surface area contributed by atoms with Crippen LogP contribution in [0.3, 0.4) is 0 Å². The normalized spacial score (nSPS) is 10.3. The Bertz CT molecular complexity index is 930. The zero-order chi connectivity index (χ0) is 19.8. The Morgan fingerprint density at radius 2 is 1.86 bits per heavy atom. The van der Waals surface area contributed by atoms with Crippen molar-refractivity contribution in [2.24, 2.45) is 0 Å². The number of carbonyl (C=O) groups excluding carboxylic acids is 2. The number of halogens is 1. The molecule has 1 aromatic heterocycles. The van der Waals surface area contributed by atoms with Crippen LogP contribution in [0.1, 0.15) is 15.2 Å². The highest BCUT2D eigenvalue weighted by Crippen LogP contribution is 2.24. The van der Waals surface area contributed by atoms with Crippen molar-refractivity contribution >= 4 is 40.4 Å². The summed E-state index contributed by atoms with van der Waals surface area (Å²) in [5, 5.41) is 8.00. The van der Waals surface area contributed by atoms with E-state index in [-0.39, 0.29) is 24.0 Å². The van der Waals surface area contributed by atoms with Crippen molar-refractivity contribution in [3.8, 4) is 5.75 Å². The van der Waals surface area contributed by atoms with Crippen LogP contribution < -0.4 is 15.4 Å². The average Bonchev–Trinajstić information content (AvgIpc) is 3.21. The molecule has 0 saturated heterocycles. The van der Waals surface area contributed by atoms with Gasteiger partial charge in [-0.3, -0.25) is 9.59 Å². The molecule has 0 radical (unpaired) electrons. The highest BCUT2D eigenvalue weighted by Gasteiger charge is 2.15. The second-order valence-electron chi connectivity index (χ2n) is 5.93. The number of amides is 2. The Balaban J connectivity index is 1.57. The van der Waals surface area contributed by atoms with Crippen molar-refractivity contribution in [2.45, 2.75) is 6.42 Å². The predicted molar refractivity (Wildman–Crippen MR) is 112 cm³/mol. The van der Waals surface area contributed by atoms with Gasteiger partial charge in [0.25, 0.3) is 11.8 Å². The molecule has 144 valence electrons. The van der Waals surface area contributed by atoms with Gasteiger partial charge in [-0.2, -0.15) is 0 Å². The van der Waals surface area contributed by atoms with Gasteiger partial charge in [0, 0.05) is 22.1 Å².